The minimum absolute atomic E-state index is 0. The van der Waals surface area contributed by atoms with E-state index >= 15 is 0 Å². The Morgan fingerprint density at radius 3 is 1.67 bits per heavy atom. The van der Waals surface area contributed by atoms with Crippen molar-refractivity contribution < 1.29 is 67.3 Å². The first-order valence-electron chi connectivity index (χ1n) is 24.1. The SMILES string of the molecule is C.C=CC(=O)N(C)OC.CON(C)C(=O)/C=C/c1cccc(S(C)(=O)=O)c1.CS(=O)(=O)c1cccc(/C=C/C=O)c1.CS(=O)(=O)c1cccc(Br)c1.C[C@H]1NCC[C@@H](c2cccc(S(C)(=O)=O)c2)[C@@H]1COc1ccc2c(c1)C(=O)NC2. The molecule has 24 heteroatoms. The third-order valence-corrected chi connectivity index (χ3v) is 16.9. The Labute approximate surface area is 485 Å². The fraction of sp³-hybridized carbons (Fsp3) is 0.298. The molecule has 0 unspecified atom stereocenters. The second-order valence-corrected chi connectivity index (χ2v) is 26.9. The lowest BCUT2D eigenvalue weighted by atomic mass is 9.77. The lowest BCUT2D eigenvalue weighted by molar-refractivity contribution is -0.163. The third kappa shape index (κ3) is 23.8. The highest BCUT2D eigenvalue weighted by atomic mass is 79.9. The van der Waals surface area contributed by atoms with Crippen molar-refractivity contribution in [3.63, 3.8) is 0 Å². The van der Waals surface area contributed by atoms with Gasteiger partial charge in [0.05, 0.1) is 40.4 Å². The Morgan fingerprint density at radius 2 is 1.19 bits per heavy atom. The predicted molar refractivity (Wildman–Crippen MR) is 318 cm³/mol. The van der Waals surface area contributed by atoms with Crippen molar-refractivity contribution in [1.29, 1.82) is 0 Å². The second kappa shape index (κ2) is 32.7. The predicted octanol–water partition coefficient (Wildman–Crippen LogP) is 7.60. The molecule has 5 aromatic carbocycles. The molecule has 0 saturated carbocycles. The van der Waals surface area contributed by atoms with Crippen molar-refractivity contribution in [3.05, 3.63) is 172 Å². The molecule has 2 N–H and O–H groups in total. The number of piperidine rings is 1. The molecule has 5 aromatic rings. The fourth-order valence-corrected chi connectivity index (χ4v) is 10.7. The zero-order valence-corrected chi connectivity index (χ0v) is 50.6. The van der Waals surface area contributed by atoms with E-state index in [0.29, 0.717) is 51.7 Å². The van der Waals surface area contributed by atoms with E-state index < -0.39 is 39.3 Å². The molecule has 7 rings (SSSR count). The summed E-state index contributed by atoms with van der Waals surface area (Å²) in [5, 5.41) is 8.47. The molecule has 0 aliphatic carbocycles. The molecule has 0 spiro atoms. The number of halogens is 1. The summed E-state index contributed by atoms with van der Waals surface area (Å²) < 4.78 is 97.8. The van der Waals surface area contributed by atoms with Gasteiger partial charge in [-0.2, -0.15) is 0 Å². The molecule has 440 valence electrons. The number of hydrogen-bond acceptors (Lipinski definition) is 16. The van der Waals surface area contributed by atoms with Gasteiger partial charge >= 0.3 is 0 Å². The van der Waals surface area contributed by atoms with Gasteiger partial charge in [-0.1, -0.05) is 84.5 Å². The van der Waals surface area contributed by atoms with E-state index in [2.05, 4.69) is 44.9 Å². The highest BCUT2D eigenvalue weighted by molar-refractivity contribution is 9.10. The van der Waals surface area contributed by atoms with Crippen LogP contribution >= 0.6 is 15.9 Å². The van der Waals surface area contributed by atoms with E-state index in [0.717, 1.165) is 51.2 Å². The maximum Gasteiger partial charge on any atom is 0.269 e. The summed E-state index contributed by atoms with van der Waals surface area (Å²) in [4.78, 5) is 54.2. The van der Waals surface area contributed by atoms with E-state index in [1.807, 2.05) is 24.3 Å². The van der Waals surface area contributed by atoms with Gasteiger partial charge in [-0.3, -0.25) is 28.9 Å². The zero-order chi connectivity index (χ0) is 60.0. The molecule has 0 bridgehead atoms. The molecule has 2 aliphatic heterocycles. The molecule has 19 nitrogen and oxygen atoms in total. The summed E-state index contributed by atoms with van der Waals surface area (Å²) in [5.74, 6) is 0.428. The number of rotatable bonds is 15. The van der Waals surface area contributed by atoms with Crippen molar-refractivity contribution >= 4 is 91.4 Å². The molecule has 0 aromatic heterocycles. The number of nitrogens with one attached hydrogen (secondary N) is 2. The highest BCUT2D eigenvalue weighted by Gasteiger charge is 2.33. The van der Waals surface area contributed by atoms with E-state index in [1.54, 1.807) is 72.8 Å². The molecule has 81 heavy (non-hydrogen) atoms. The van der Waals surface area contributed by atoms with Crippen LogP contribution in [0.5, 0.6) is 5.75 Å². The quantitative estimate of drug-likeness (QED) is 0.0580. The normalized spacial score (nSPS) is 15.6. The number of fused-ring (bicyclic) bond motifs is 1. The average molecular weight is 1260 g/mol. The maximum atomic E-state index is 12.0. The van der Waals surface area contributed by atoms with Gasteiger partial charge in [-0.05, 0) is 133 Å². The number of sulfone groups is 4. The molecular formula is C57H71BrN4O15S4. The zero-order valence-electron chi connectivity index (χ0n) is 45.7. The first kappa shape index (κ1) is 70.5. The molecule has 1 saturated heterocycles. The Hall–Kier alpha value is -6.64. The topological polar surface area (TPSA) is 263 Å². The van der Waals surface area contributed by atoms with E-state index in [4.69, 9.17) is 9.57 Å². The van der Waals surface area contributed by atoms with Gasteiger partial charge in [0.25, 0.3) is 17.7 Å². The van der Waals surface area contributed by atoms with Crippen LogP contribution in [0.3, 0.4) is 0 Å². The Balaban J connectivity index is 0.000000373. The maximum absolute atomic E-state index is 12.0. The summed E-state index contributed by atoms with van der Waals surface area (Å²) in [5.41, 5.74) is 4.03. The van der Waals surface area contributed by atoms with Crippen LogP contribution in [0.1, 0.15) is 59.3 Å². The first-order valence-corrected chi connectivity index (χ1v) is 32.5. The molecule has 2 heterocycles. The van der Waals surface area contributed by atoms with Crippen LogP contribution in [0.25, 0.3) is 12.2 Å². The smallest absolute Gasteiger partial charge is 0.269 e. The van der Waals surface area contributed by atoms with Gasteiger partial charge in [0.15, 0.2) is 39.3 Å². The van der Waals surface area contributed by atoms with Gasteiger partial charge in [0.1, 0.15) is 12.0 Å². The van der Waals surface area contributed by atoms with Crippen LogP contribution in [0.4, 0.5) is 0 Å². The Kier molecular flexibility index (Phi) is 28.5. The monoisotopic (exact) mass is 1260 g/mol. The van der Waals surface area contributed by atoms with Crippen LogP contribution in [-0.2, 0) is 70.0 Å². The molecule has 2 aliphatic rings. The van der Waals surface area contributed by atoms with Gasteiger partial charge in [0, 0.05) is 73.7 Å². The number of carbonyl (C=O) groups excluding carboxylic acids is 4. The first-order chi connectivity index (χ1) is 37.4. The van der Waals surface area contributed by atoms with Crippen molar-refractivity contribution in [2.75, 3.05) is 66.5 Å². The van der Waals surface area contributed by atoms with Crippen LogP contribution in [-0.4, -0.2) is 140 Å². The standard InChI is InChI=1S/C22H26N2O4S.C12H15NO4S.C10H10O3S.C7H7BrO2S.C5H9NO2.CH4/c1-14-21(13-28-17-7-6-16-12-24-22(25)20(16)11-17)19(8-9-23-14)15-4-3-5-18(10-15)29(2,26)27;1-13(17-2)12(14)8-7-10-5-4-6-11(9-10)18(3,15)16;1-14(12,13)10-6-2-4-9(8-10)5-3-7-11;1-11(9,10)7-4-2-3-6(8)5-7;1-4-5(7)6(2)8-3;/h3-7,10-11,14,19,21,23H,8-9,12-13H2,1-2H3,(H,24,25);4-9H,1-3H3;2-8H,1H3;2-5H,1H3;4H,1H2,2-3H3;1H4/b;8-7+;5-3+;;;/t14-,19+,21-;;;;;/m1...../s1. The third-order valence-electron chi connectivity index (χ3n) is 11.9. The summed E-state index contributed by atoms with van der Waals surface area (Å²) in [6.07, 6.45) is 13.2. The molecule has 1 fully saturated rings. The second-order valence-electron chi connectivity index (χ2n) is 17.9. The molecule has 3 amide bonds. The van der Waals surface area contributed by atoms with E-state index in [9.17, 15) is 52.8 Å². The van der Waals surface area contributed by atoms with Crippen LogP contribution in [0.15, 0.2) is 164 Å². The van der Waals surface area contributed by atoms with Crippen LogP contribution in [0.2, 0.25) is 0 Å². The minimum Gasteiger partial charge on any atom is -0.493 e. The van der Waals surface area contributed by atoms with Gasteiger partial charge in [-0.25, -0.2) is 43.8 Å². The number of ether oxygens (including phenoxy) is 1. The summed E-state index contributed by atoms with van der Waals surface area (Å²) in [7, 11) is -6.91. The largest absolute Gasteiger partial charge is 0.493 e. The number of aldehydes is 1. The van der Waals surface area contributed by atoms with Crippen LogP contribution in [0, 0.1) is 5.92 Å². The van der Waals surface area contributed by atoms with E-state index in [1.165, 1.54) is 89.4 Å². The number of hydroxylamine groups is 4. The van der Waals surface area contributed by atoms with Gasteiger partial charge in [0.2, 0.25) is 0 Å². The molecular weight excluding hydrogens is 1190 g/mol. The minimum atomic E-state index is -3.25. The van der Waals surface area contributed by atoms with Crippen molar-refractivity contribution in [3.8, 4) is 5.75 Å². The summed E-state index contributed by atoms with van der Waals surface area (Å²) in [6, 6.07) is 32.5. The lowest BCUT2D eigenvalue weighted by Crippen LogP contribution is -2.45. The average Bonchev–Trinajstić information content (AvgIpc) is 3.86. The Bertz CT molecular complexity index is 3500. The highest BCUT2D eigenvalue weighted by Crippen LogP contribution is 2.35. The van der Waals surface area contributed by atoms with E-state index in [-0.39, 0.29) is 52.8 Å². The summed E-state index contributed by atoms with van der Waals surface area (Å²) in [6.45, 7) is 7.33. The Morgan fingerprint density at radius 1 is 0.691 bits per heavy atom. The van der Waals surface area contributed by atoms with Gasteiger partial charge < -0.3 is 15.4 Å². The number of carbonyl (C=O) groups is 4. The fourth-order valence-electron chi connectivity index (χ4n) is 7.43. The van der Waals surface area contributed by atoms with Crippen molar-refractivity contribution in [2.45, 2.75) is 58.9 Å². The molecule has 3 atom stereocenters. The van der Waals surface area contributed by atoms with Crippen LogP contribution < -0.4 is 15.4 Å². The van der Waals surface area contributed by atoms with Crippen molar-refractivity contribution in [1.82, 2.24) is 20.8 Å². The number of allylic oxidation sites excluding steroid dienone is 1. The van der Waals surface area contributed by atoms with Crippen molar-refractivity contribution in [2.24, 2.45) is 5.92 Å². The number of likely N-dealkylation sites (N-methyl/N-ethyl adjacent to an activating group) is 2. The molecule has 0 radical (unpaired) electrons. The number of nitrogens with zero attached hydrogens (tertiary/aromatic N) is 2. The summed E-state index contributed by atoms with van der Waals surface area (Å²) >= 11 is 3.19. The number of benzene rings is 5. The van der Waals surface area contributed by atoms with Gasteiger partial charge in [-0.15, -0.1) is 0 Å². The number of hydrogen-bond donors (Lipinski definition) is 2. The number of amides is 3. The lowest BCUT2D eigenvalue weighted by Gasteiger charge is -2.37.